The van der Waals surface area contributed by atoms with Crippen molar-refractivity contribution in [2.75, 3.05) is 5.32 Å². The molecule has 27 heavy (non-hydrogen) atoms. The molecule has 0 saturated heterocycles. The van der Waals surface area contributed by atoms with Gasteiger partial charge in [-0.2, -0.15) is 0 Å². The van der Waals surface area contributed by atoms with E-state index in [2.05, 4.69) is 10.6 Å². The molecule has 0 aromatic heterocycles. The summed E-state index contributed by atoms with van der Waals surface area (Å²) >= 11 is 0. The summed E-state index contributed by atoms with van der Waals surface area (Å²) in [5, 5.41) is 5.46. The zero-order chi connectivity index (χ0) is 19.2. The Morgan fingerprint density at radius 1 is 0.815 bits per heavy atom. The number of benzene rings is 3. The Morgan fingerprint density at radius 3 is 2.11 bits per heavy atom. The van der Waals surface area contributed by atoms with Gasteiger partial charge in [-0.25, -0.2) is 4.39 Å². The highest BCUT2D eigenvalue weighted by Gasteiger charge is 2.23. The van der Waals surface area contributed by atoms with E-state index in [0.29, 0.717) is 11.1 Å². The Hall–Kier alpha value is -3.47. The first-order chi connectivity index (χ1) is 13.0. The fraction of sp³-hybridized carbons (Fsp3) is 0.0909. The lowest BCUT2D eigenvalue weighted by Crippen LogP contribution is -2.46. The minimum Gasteiger partial charge on any atom is -0.356 e. The Kier molecular flexibility index (Phi) is 5.61. The highest BCUT2D eigenvalue weighted by atomic mass is 19.1. The molecule has 3 aromatic carbocycles. The van der Waals surface area contributed by atoms with E-state index in [1.54, 1.807) is 54.6 Å². The number of carbonyl (C=O) groups is 2. The quantitative estimate of drug-likeness (QED) is 0.511. The summed E-state index contributed by atoms with van der Waals surface area (Å²) in [5.41, 5.74) is 1.99. The number of para-hydroxylation sites is 1. The number of ketones is 1. The van der Waals surface area contributed by atoms with Crippen molar-refractivity contribution in [1.82, 2.24) is 5.32 Å². The summed E-state index contributed by atoms with van der Waals surface area (Å²) in [6, 6.07) is 21.5. The minimum atomic E-state index is -1.11. The van der Waals surface area contributed by atoms with E-state index in [1.807, 2.05) is 19.1 Å². The molecule has 0 fully saturated rings. The van der Waals surface area contributed by atoms with Crippen molar-refractivity contribution in [1.29, 1.82) is 0 Å². The number of aryl methyl sites for hydroxylation is 1. The largest absolute Gasteiger partial charge is 0.356 e. The van der Waals surface area contributed by atoms with Gasteiger partial charge >= 0.3 is 0 Å². The molecule has 3 rings (SSSR count). The summed E-state index contributed by atoms with van der Waals surface area (Å²) in [6.07, 6.45) is -1.11. The zero-order valence-electron chi connectivity index (χ0n) is 14.8. The summed E-state index contributed by atoms with van der Waals surface area (Å²) in [7, 11) is 0. The van der Waals surface area contributed by atoms with Gasteiger partial charge in [0, 0.05) is 11.1 Å². The molecule has 4 nitrogen and oxygen atoms in total. The average molecular weight is 362 g/mol. The van der Waals surface area contributed by atoms with E-state index in [9.17, 15) is 14.0 Å². The number of amides is 1. The monoisotopic (exact) mass is 362 g/mol. The molecule has 5 heteroatoms. The van der Waals surface area contributed by atoms with Gasteiger partial charge in [0.15, 0.2) is 6.17 Å². The van der Waals surface area contributed by atoms with Crippen LogP contribution in [0.3, 0.4) is 0 Å². The summed E-state index contributed by atoms with van der Waals surface area (Å²) in [6.45, 7) is 1.92. The molecule has 0 heterocycles. The molecule has 0 radical (unpaired) electrons. The van der Waals surface area contributed by atoms with Gasteiger partial charge in [0.1, 0.15) is 5.82 Å². The Labute approximate surface area is 157 Å². The third-order valence-electron chi connectivity index (χ3n) is 4.08. The fourth-order valence-corrected chi connectivity index (χ4v) is 2.59. The van der Waals surface area contributed by atoms with Crippen molar-refractivity contribution in [2.45, 2.75) is 13.1 Å². The van der Waals surface area contributed by atoms with Crippen LogP contribution in [0.25, 0.3) is 0 Å². The summed E-state index contributed by atoms with van der Waals surface area (Å²) < 4.78 is 14.0. The summed E-state index contributed by atoms with van der Waals surface area (Å²) in [5.74, 6) is -1.29. The number of Topliss-reactive ketones (excluding diaryl/α,β-unsaturated/α-hetero) is 1. The molecule has 1 atom stereocenters. The lowest BCUT2D eigenvalue weighted by molar-refractivity contribution is 0.0869. The first-order valence-corrected chi connectivity index (χ1v) is 8.52. The number of rotatable bonds is 6. The second-order valence-electron chi connectivity index (χ2n) is 6.13. The summed E-state index contributed by atoms with van der Waals surface area (Å²) in [4.78, 5) is 25.5. The van der Waals surface area contributed by atoms with Crippen LogP contribution in [-0.2, 0) is 0 Å². The second kappa shape index (κ2) is 8.27. The van der Waals surface area contributed by atoms with E-state index in [0.717, 1.165) is 5.56 Å². The van der Waals surface area contributed by atoms with Crippen LogP contribution in [0.5, 0.6) is 0 Å². The molecule has 0 aliphatic carbocycles. The van der Waals surface area contributed by atoms with Gasteiger partial charge in [0.25, 0.3) is 5.91 Å². The van der Waals surface area contributed by atoms with Gasteiger partial charge in [-0.15, -0.1) is 0 Å². The van der Waals surface area contributed by atoms with Gasteiger partial charge in [0.05, 0.1) is 5.69 Å². The van der Waals surface area contributed by atoms with Gasteiger partial charge in [-0.05, 0) is 31.2 Å². The fourth-order valence-electron chi connectivity index (χ4n) is 2.59. The maximum Gasteiger partial charge on any atom is 0.253 e. The molecule has 0 bridgehead atoms. The van der Waals surface area contributed by atoms with Crippen LogP contribution in [0, 0.1) is 12.7 Å². The van der Waals surface area contributed by atoms with Crippen molar-refractivity contribution in [3.63, 3.8) is 0 Å². The van der Waals surface area contributed by atoms with Crippen molar-refractivity contribution >= 4 is 17.4 Å². The van der Waals surface area contributed by atoms with Gasteiger partial charge < -0.3 is 10.6 Å². The molecular weight excluding hydrogens is 343 g/mol. The predicted octanol–water partition coefficient (Wildman–Crippen LogP) is 4.19. The van der Waals surface area contributed by atoms with Crippen molar-refractivity contribution in [3.05, 3.63) is 101 Å². The van der Waals surface area contributed by atoms with Crippen molar-refractivity contribution < 1.29 is 14.0 Å². The Morgan fingerprint density at radius 2 is 1.44 bits per heavy atom. The van der Waals surface area contributed by atoms with Crippen molar-refractivity contribution in [2.24, 2.45) is 0 Å². The first-order valence-electron chi connectivity index (χ1n) is 8.52. The normalized spacial score (nSPS) is 11.5. The van der Waals surface area contributed by atoms with E-state index in [-0.39, 0.29) is 11.5 Å². The van der Waals surface area contributed by atoms with Gasteiger partial charge in [-0.1, -0.05) is 60.2 Å². The highest BCUT2D eigenvalue weighted by Crippen LogP contribution is 2.15. The number of carbonyl (C=O) groups excluding carboxylic acids is 2. The molecule has 0 saturated carbocycles. The maximum atomic E-state index is 14.0. The topological polar surface area (TPSA) is 58.2 Å². The molecule has 2 N–H and O–H groups in total. The smallest absolute Gasteiger partial charge is 0.253 e. The zero-order valence-corrected chi connectivity index (χ0v) is 14.8. The maximum absolute atomic E-state index is 14.0. The first kappa shape index (κ1) is 18.3. The number of hydrogen-bond donors (Lipinski definition) is 2. The van der Waals surface area contributed by atoms with E-state index >= 15 is 0 Å². The highest BCUT2D eigenvalue weighted by molar-refractivity contribution is 6.05. The van der Waals surface area contributed by atoms with Crippen LogP contribution in [-0.4, -0.2) is 17.9 Å². The predicted molar refractivity (Wildman–Crippen MR) is 103 cm³/mol. The van der Waals surface area contributed by atoms with E-state index in [1.165, 1.54) is 12.1 Å². The third-order valence-corrected chi connectivity index (χ3v) is 4.08. The molecule has 3 aromatic rings. The Bertz CT molecular complexity index is 940. The minimum absolute atomic E-state index is 0.135. The van der Waals surface area contributed by atoms with E-state index < -0.39 is 17.9 Å². The van der Waals surface area contributed by atoms with Crippen LogP contribution in [0.2, 0.25) is 0 Å². The second-order valence-corrected chi connectivity index (χ2v) is 6.13. The number of nitrogens with one attached hydrogen (secondary N) is 2. The number of anilines is 1. The van der Waals surface area contributed by atoms with Crippen LogP contribution >= 0.6 is 0 Å². The molecular formula is C22H19FN2O2. The van der Waals surface area contributed by atoms with Gasteiger partial charge in [-0.3, -0.25) is 9.59 Å². The SMILES string of the molecule is Cc1ccc(C(=O)N[C@H](Nc2ccccc2F)C(=O)c2ccccc2)cc1. The Balaban J connectivity index is 1.87. The number of halogens is 1. The average Bonchev–Trinajstić information content (AvgIpc) is 2.69. The van der Waals surface area contributed by atoms with Crippen LogP contribution in [0.4, 0.5) is 10.1 Å². The molecule has 0 unspecified atom stereocenters. The molecule has 136 valence electrons. The van der Waals surface area contributed by atoms with Crippen LogP contribution < -0.4 is 10.6 Å². The lowest BCUT2D eigenvalue weighted by atomic mass is 10.1. The third kappa shape index (κ3) is 4.58. The van der Waals surface area contributed by atoms with Crippen molar-refractivity contribution in [3.8, 4) is 0 Å². The van der Waals surface area contributed by atoms with Gasteiger partial charge in [0.2, 0.25) is 5.78 Å². The lowest BCUT2D eigenvalue weighted by Gasteiger charge is -2.21. The van der Waals surface area contributed by atoms with Crippen LogP contribution in [0.15, 0.2) is 78.9 Å². The molecule has 0 spiro atoms. The molecule has 1 amide bonds. The standard InChI is InChI=1S/C22H19FN2O2/c1-15-11-13-17(14-12-15)22(27)25-21(20(26)16-7-3-2-4-8-16)24-19-10-6-5-9-18(19)23/h2-14,21,24H,1H3,(H,25,27)/t21-/m0/s1. The van der Waals surface area contributed by atoms with Crippen LogP contribution in [0.1, 0.15) is 26.3 Å². The van der Waals surface area contributed by atoms with E-state index in [4.69, 9.17) is 0 Å². The molecule has 0 aliphatic heterocycles. The molecule has 0 aliphatic rings. The number of hydrogen-bond acceptors (Lipinski definition) is 3.